The van der Waals surface area contributed by atoms with Gasteiger partial charge in [-0.2, -0.15) is 0 Å². The number of hydrogen-bond acceptors (Lipinski definition) is 1. The molecule has 0 radical (unpaired) electrons. The fourth-order valence-electron chi connectivity index (χ4n) is 2.48. The van der Waals surface area contributed by atoms with E-state index >= 15 is 0 Å². The number of H-pyrrole nitrogens is 1. The van der Waals surface area contributed by atoms with E-state index in [2.05, 4.69) is 61.3 Å². The lowest BCUT2D eigenvalue weighted by molar-refractivity contribution is 0.889. The van der Waals surface area contributed by atoms with Gasteiger partial charge in [0.1, 0.15) is 5.82 Å². The van der Waals surface area contributed by atoms with Crippen LogP contribution in [0.25, 0.3) is 11.0 Å². The molecule has 0 fully saturated rings. The molecule has 0 aliphatic carbocycles. The molecule has 0 atom stereocenters. The quantitative estimate of drug-likeness (QED) is 0.748. The Morgan fingerprint density at radius 3 is 2.63 bits per heavy atom. The van der Waals surface area contributed by atoms with Gasteiger partial charge in [0.25, 0.3) is 0 Å². The van der Waals surface area contributed by atoms with Crippen LogP contribution in [0, 0.1) is 13.8 Å². The van der Waals surface area contributed by atoms with Crippen molar-refractivity contribution in [3.05, 3.63) is 65.0 Å². The second-order valence-electron chi connectivity index (χ2n) is 5.14. The van der Waals surface area contributed by atoms with E-state index in [1.807, 2.05) is 0 Å². The SMILES string of the molecule is Cc1cccc(CCc2nc3c(C)cccc3[nH]2)c1. The van der Waals surface area contributed by atoms with Crippen LogP contribution in [0.1, 0.15) is 22.5 Å². The molecule has 0 aliphatic heterocycles. The summed E-state index contributed by atoms with van der Waals surface area (Å²) in [5.74, 6) is 1.07. The molecule has 0 aliphatic rings. The normalized spacial score (nSPS) is 11.1. The lowest BCUT2D eigenvalue weighted by atomic mass is 10.1. The number of imidazole rings is 1. The highest BCUT2D eigenvalue weighted by Crippen LogP contribution is 2.16. The number of para-hydroxylation sites is 1. The maximum absolute atomic E-state index is 4.69. The van der Waals surface area contributed by atoms with Crippen LogP contribution in [0.5, 0.6) is 0 Å². The molecule has 19 heavy (non-hydrogen) atoms. The Balaban J connectivity index is 1.80. The van der Waals surface area contributed by atoms with Crippen molar-refractivity contribution in [3.8, 4) is 0 Å². The van der Waals surface area contributed by atoms with Crippen LogP contribution in [0.2, 0.25) is 0 Å². The van der Waals surface area contributed by atoms with Gasteiger partial charge in [0.15, 0.2) is 0 Å². The van der Waals surface area contributed by atoms with Crippen LogP contribution in [-0.2, 0) is 12.8 Å². The summed E-state index contributed by atoms with van der Waals surface area (Å²) in [5.41, 5.74) is 6.16. The average Bonchev–Trinajstić information content (AvgIpc) is 2.81. The van der Waals surface area contributed by atoms with E-state index in [0.29, 0.717) is 0 Å². The summed E-state index contributed by atoms with van der Waals surface area (Å²) in [4.78, 5) is 8.10. The standard InChI is InChI=1S/C17H18N2/c1-12-5-3-7-14(11-12)9-10-16-18-15-8-4-6-13(2)17(15)19-16/h3-8,11H,9-10H2,1-2H3,(H,18,19). The van der Waals surface area contributed by atoms with Crippen LogP contribution < -0.4 is 0 Å². The predicted molar refractivity (Wildman–Crippen MR) is 79.4 cm³/mol. The van der Waals surface area contributed by atoms with Gasteiger partial charge in [-0.3, -0.25) is 0 Å². The zero-order chi connectivity index (χ0) is 13.2. The Labute approximate surface area is 113 Å². The van der Waals surface area contributed by atoms with Gasteiger partial charge in [0, 0.05) is 6.42 Å². The molecular weight excluding hydrogens is 232 g/mol. The molecule has 2 heteroatoms. The van der Waals surface area contributed by atoms with Crippen molar-refractivity contribution < 1.29 is 0 Å². The van der Waals surface area contributed by atoms with E-state index in [0.717, 1.165) is 29.7 Å². The number of aromatic amines is 1. The van der Waals surface area contributed by atoms with Gasteiger partial charge in [-0.1, -0.05) is 42.0 Å². The highest BCUT2D eigenvalue weighted by Gasteiger charge is 2.05. The highest BCUT2D eigenvalue weighted by atomic mass is 14.9. The fraction of sp³-hybridized carbons (Fsp3) is 0.235. The predicted octanol–water partition coefficient (Wildman–Crippen LogP) is 3.96. The first-order chi connectivity index (χ1) is 9.22. The third kappa shape index (κ3) is 2.53. The Hall–Kier alpha value is -2.09. The van der Waals surface area contributed by atoms with Crippen molar-refractivity contribution in [2.45, 2.75) is 26.7 Å². The number of fused-ring (bicyclic) bond motifs is 1. The third-order valence-corrected chi connectivity index (χ3v) is 3.50. The first kappa shape index (κ1) is 12.0. The molecule has 2 aromatic carbocycles. The smallest absolute Gasteiger partial charge is 0.107 e. The lowest BCUT2D eigenvalue weighted by Crippen LogP contribution is -1.93. The lowest BCUT2D eigenvalue weighted by Gasteiger charge is -2.00. The molecule has 0 unspecified atom stereocenters. The summed E-state index contributed by atoms with van der Waals surface area (Å²) >= 11 is 0. The van der Waals surface area contributed by atoms with Crippen molar-refractivity contribution in [3.63, 3.8) is 0 Å². The summed E-state index contributed by atoms with van der Waals surface area (Å²) in [6, 6.07) is 14.9. The van der Waals surface area contributed by atoms with E-state index in [1.54, 1.807) is 0 Å². The van der Waals surface area contributed by atoms with Gasteiger partial charge in [-0.05, 0) is 37.5 Å². The molecule has 1 heterocycles. The van der Waals surface area contributed by atoms with Crippen molar-refractivity contribution in [2.75, 3.05) is 0 Å². The zero-order valence-corrected chi connectivity index (χ0v) is 11.4. The molecule has 0 amide bonds. The van der Waals surface area contributed by atoms with Gasteiger partial charge >= 0.3 is 0 Å². The number of aromatic nitrogens is 2. The minimum atomic E-state index is 0.956. The number of nitrogens with one attached hydrogen (secondary N) is 1. The molecule has 0 saturated heterocycles. The summed E-state index contributed by atoms with van der Waals surface area (Å²) in [5, 5.41) is 0. The molecule has 3 rings (SSSR count). The third-order valence-electron chi connectivity index (χ3n) is 3.50. The van der Waals surface area contributed by atoms with Gasteiger partial charge in [-0.15, -0.1) is 0 Å². The summed E-state index contributed by atoms with van der Waals surface area (Å²) in [6.45, 7) is 4.24. The summed E-state index contributed by atoms with van der Waals surface area (Å²) in [6.07, 6.45) is 1.98. The van der Waals surface area contributed by atoms with E-state index in [9.17, 15) is 0 Å². The molecule has 2 nitrogen and oxygen atoms in total. The zero-order valence-electron chi connectivity index (χ0n) is 11.4. The second-order valence-corrected chi connectivity index (χ2v) is 5.14. The van der Waals surface area contributed by atoms with Gasteiger partial charge in [0.2, 0.25) is 0 Å². The average molecular weight is 250 g/mol. The van der Waals surface area contributed by atoms with Crippen LogP contribution in [-0.4, -0.2) is 9.97 Å². The monoisotopic (exact) mass is 250 g/mol. The minimum Gasteiger partial charge on any atom is -0.342 e. The molecule has 1 N–H and O–H groups in total. The molecule has 0 spiro atoms. The molecule has 0 saturated carbocycles. The number of nitrogens with zero attached hydrogens (tertiary/aromatic N) is 1. The first-order valence-corrected chi connectivity index (χ1v) is 6.72. The second kappa shape index (κ2) is 4.88. The molecule has 96 valence electrons. The first-order valence-electron chi connectivity index (χ1n) is 6.72. The van der Waals surface area contributed by atoms with Crippen molar-refractivity contribution in [2.24, 2.45) is 0 Å². The molecule has 0 bridgehead atoms. The van der Waals surface area contributed by atoms with Gasteiger partial charge in [0.05, 0.1) is 11.0 Å². The van der Waals surface area contributed by atoms with Crippen LogP contribution in [0.4, 0.5) is 0 Å². The van der Waals surface area contributed by atoms with E-state index in [4.69, 9.17) is 4.98 Å². The maximum atomic E-state index is 4.69. The van der Waals surface area contributed by atoms with E-state index < -0.39 is 0 Å². The van der Waals surface area contributed by atoms with E-state index in [1.165, 1.54) is 16.7 Å². The number of aryl methyl sites for hydroxylation is 4. The minimum absolute atomic E-state index is 0.956. The van der Waals surface area contributed by atoms with Gasteiger partial charge < -0.3 is 4.98 Å². The van der Waals surface area contributed by atoms with Crippen molar-refractivity contribution in [1.82, 2.24) is 9.97 Å². The Morgan fingerprint density at radius 1 is 1.00 bits per heavy atom. The maximum Gasteiger partial charge on any atom is 0.107 e. The fourth-order valence-corrected chi connectivity index (χ4v) is 2.48. The molecular formula is C17H18N2. The Bertz CT molecular complexity index is 710. The molecule has 1 aromatic heterocycles. The van der Waals surface area contributed by atoms with E-state index in [-0.39, 0.29) is 0 Å². The summed E-state index contributed by atoms with van der Waals surface area (Å²) in [7, 11) is 0. The number of benzene rings is 2. The van der Waals surface area contributed by atoms with Crippen LogP contribution >= 0.6 is 0 Å². The number of rotatable bonds is 3. The van der Waals surface area contributed by atoms with Crippen molar-refractivity contribution >= 4 is 11.0 Å². The topological polar surface area (TPSA) is 28.7 Å². The van der Waals surface area contributed by atoms with Gasteiger partial charge in [-0.25, -0.2) is 4.98 Å². The highest BCUT2D eigenvalue weighted by molar-refractivity contribution is 5.78. The molecule has 3 aromatic rings. The number of hydrogen-bond donors (Lipinski definition) is 1. The Morgan fingerprint density at radius 2 is 1.84 bits per heavy atom. The van der Waals surface area contributed by atoms with Crippen LogP contribution in [0.3, 0.4) is 0 Å². The summed E-state index contributed by atoms with van der Waals surface area (Å²) < 4.78 is 0. The Kier molecular flexibility index (Phi) is 3.08. The van der Waals surface area contributed by atoms with Crippen LogP contribution in [0.15, 0.2) is 42.5 Å². The largest absolute Gasteiger partial charge is 0.342 e. The van der Waals surface area contributed by atoms with Crippen molar-refractivity contribution in [1.29, 1.82) is 0 Å².